The van der Waals surface area contributed by atoms with Crippen molar-refractivity contribution in [1.82, 2.24) is 10.1 Å². The minimum absolute atomic E-state index is 0.0872. The van der Waals surface area contributed by atoms with Crippen LogP contribution in [0.5, 0.6) is 0 Å². The van der Waals surface area contributed by atoms with Gasteiger partial charge in [0.2, 0.25) is 11.7 Å². The van der Waals surface area contributed by atoms with E-state index in [0.717, 1.165) is 25.7 Å². The van der Waals surface area contributed by atoms with Crippen LogP contribution in [0.4, 0.5) is 0 Å². The van der Waals surface area contributed by atoms with E-state index in [0.29, 0.717) is 18.3 Å². The van der Waals surface area contributed by atoms with E-state index in [1.165, 1.54) is 0 Å². The number of unbranched alkanes of at least 4 members (excludes halogenated alkanes) is 1. The Hall–Kier alpha value is -0.940. The molecule has 98 valence electrons. The minimum Gasteiger partial charge on any atom is -0.370 e. The number of hydrogen-bond donors (Lipinski definition) is 1. The predicted molar refractivity (Wildman–Crippen MR) is 65.4 cm³/mol. The summed E-state index contributed by atoms with van der Waals surface area (Å²) in [5.41, 5.74) is 5.97. The van der Waals surface area contributed by atoms with Crippen LogP contribution in [-0.4, -0.2) is 16.7 Å². The largest absolute Gasteiger partial charge is 0.370 e. The molecule has 0 bridgehead atoms. The summed E-state index contributed by atoms with van der Waals surface area (Å²) < 4.78 is 10.7. The van der Waals surface area contributed by atoms with Crippen molar-refractivity contribution < 1.29 is 9.26 Å². The molecule has 0 aliphatic heterocycles. The molecule has 1 heterocycles. The number of hydrogen-bond acceptors (Lipinski definition) is 5. The molecule has 1 rings (SSSR count). The van der Waals surface area contributed by atoms with E-state index in [2.05, 4.69) is 17.1 Å². The molecule has 1 unspecified atom stereocenters. The number of ether oxygens (including phenoxy) is 1. The lowest BCUT2D eigenvalue weighted by Crippen LogP contribution is -2.11. The highest BCUT2D eigenvalue weighted by atomic mass is 16.5. The first-order valence-electron chi connectivity index (χ1n) is 6.43. The van der Waals surface area contributed by atoms with Gasteiger partial charge >= 0.3 is 0 Å². The standard InChI is InChI=1S/C12H23N3O2/c1-4-7-8-9(13)12-14-11(15-17-12)10(5-2)16-6-3/h9-10H,4-8,13H2,1-3H3/t9-,10?/m0/s1. The lowest BCUT2D eigenvalue weighted by atomic mass is 10.1. The van der Waals surface area contributed by atoms with Crippen molar-refractivity contribution in [2.24, 2.45) is 5.73 Å². The molecule has 0 aliphatic rings. The Morgan fingerprint density at radius 3 is 2.71 bits per heavy atom. The van der Waals surface area contributed by atoms with Gasteiger partial charge < -0.3 is 15.0 Å². The van der Waals surface area contributed by atoms with Crippen molar-refractivity contribution >= 4 is 0 Å². The van der Waals surface area contributed by atoms with E-state index in [1.54, 1.807) is 0 Å². The van der Waals surface area contributed by atoms with E-state index in [9.17, 15) is 0 Å². The molecule has 1 aromatic heterocycles. The molecular weight excluding hydrogens is 218 g/mol. The van der Waals surface area contributed by atoms with Crippen LogP contribution in [0.1, 0.15) is 70.3 Å². The van der Waals surface area contributed by atoms with Crippen LogP contribution in [0.25, 0.3) is 0 Å². The molecule has 1 aromatic rings. The maximum atomic E-state index is 5.97. The average molecular weight is 241 g/mol. The van der Waals surface area contributed by atoms with Gasteiger partial charge in [-0.05, 0) is 19.8 Å². The minimum atomic E-state index is -0.157. The molecule has 2 atom stereocenters. The average Bonchev–Trinajstić information content (AvgIpc) is 2.82. The monoisotopic (exact) mass is 241 g/mol. The molecule has 5 nitrogen and oxygen atoms in total. The van der Waals surface area contributed by atoms with Crippen LogP contribution in [0, 0.1) is 0 Å². The lowest BCUT2D eigenvalue weighted by Gasteiger charge is -2.09. The van der Waals surface area contributed by atoms with Gasteiger partial charge in [0.1, 0.15) is 6.10 Å². The Balaban J connectivity index is 2.62. The number of nitrogens with zero attached hydrogens (tertiary/aromatic N) is 2. The van der Waals surface area contributed by atoms with Crippen molar-refractivity contribution in [3.63, 3.8) is 0 Å². The van der Waals surface area contributed by atoms with Crippen molar-refractivity contribution in [2.75, 3.05) is 6.61 Å². The number of aromatic nitrogens is 2. The predicted octanol–water partition coefficient (Wildman–Crippen LogP) is 2.75. The Morgan fingerprint density at radius 2 is 2.12 bits per heavy atom. The molecule has 0 saturated heterocycles. The van der Waals surface area contributed by atoms with Gasteiger partial charge in [0.15, 0.2) is 0 Å². The molecule has 17 heavy (non-hydrogen) atoms. The molecular formula is C12H23N3O2. The molecule has 2 N–H and O–H groups in total. The Kier molecular flexibility index (Phi) is 6.15. The van der Waals surface area contributed by atoms with Crippen LogP contribution >= 0.6 is 0 Å². The van der Waals surface area contributed by atoms with Crippen molar-refractivity contribution in [3.05, 3.63) is 11.7 Å². The molecule has 0 aliphatic carbocycles. The van der Waals surface area contributed by atoms with Gasteiger partial charge in [-0.15, -0.1) is 0 Å². The second kappa shape index (κ2) is 7.40. The summed E-state index contributed by atoms with van der Waals surface area (Å²) in [7, 11) is 0. The van der Waals surface area contributed by atoms with Gasteiger partial charge in [0.25, 0.3) is 0 Å². The van der Waals surface area contributed by atoms with Crippen LogP contribution in [0.2, 0.25) is 0 Å². The highest BCUT2D eigenvalue weighted by molar-refractivity contribution is 4.94. The van der Waals surface area contributed by atoms with E-state index in [4.69, 9.17) is 15.0 Å². The second-order valence-corrected chi connectivity index (χ2v) is 4.09. The highest BCUT2D eigenvalue weighted by Gasteiger charge is 2.19. The van der Waals surface area contributed by atoms with Crippen molar-refractivity contribution in [2.45, 2.75) is 58.6 Å². The molecule has 0 radical (unpaired) electrons. The van der Waals surface area contributed by atoms with Crippen LogP contribution in [-0.2, 0) is 4.74 Å². The Bertz CT molecular complexity index is 314. The zero-order chi connectivity index (χ0) is 12.7. The fraction of sp³-hybridized carbons (Fsp3) is 0.833. The molecule has 0 amide bonds. The van der Waals surface area contributed by atoms with Gasteiger partial charge in [-0.1, -0.05) is 31.8 Å². The third-order valence-corrected chi connectivity index (χ3v) is 2.67. The summed E-state index contributed by atoms with van der Waals surface area (Å²) in [6.45, 7) is 6.77. The summed E-state index contributed by atoms with van der Waals surface area (Å²) in [5, 5.41) is 3.94. The summed E-state index contributed by atoms with van der Waals surface area (Å²) in [6.07, 6.45) is 3.81. The zero-order valence-electron chi connectivity index (χ0n) is 11.0. The van der Waals surface area contributed by atoms with Gasteiger partial charge in [0.05, 0.1) is 6.04 Å². The fourth-order valence-corrected chi connectivity index (χ4v) is 1.65. The van der Waals surface area contributed by atoms with Crippen LogP contribution in [0.15, 0.2) is 4.52 Å². The van der Waals surface area contributed by atoms with Gasteiger partial charge in [-0.3, -0.25) is 0 Å². The first-order chi connectivity index (χ1) is 8.22. The van der Waals surface area contributed by atoms with Gasteiger partial charge in [0, 0.05) is 6.61 Å². The SMILES string of the molecule is CCCC[C@H](N)c1nc(C(CC)OCC)no1. The molecule has 0 fully saturated rings. The Labute approximate surface area is 103 Å². The number of nitrogens with two attached hydrogens (primary N) is 1. The summed E-state index contributed by atoms with van der Waals surface area (Å²) >= 11 is 0. The summed E-state index contributed by atoms with van der Waals surface area (Å²) in [5.74, 6) is 1.13. The van der Waals surface area contributed by atoms with Crippen LogP contribution in [0.3, 0.4) is 0 Å². The summed E-state index contributed by atoms with van der Waals surface area (Å²) in [6, 6.07) is -0.157. The van der Waals surface area contributed by atoms with E-state index < -0.39 is 0 Å². The topological polar surface area (TPSA) is 74.2 Å². The normalized spacial score (nSPS) is 14.8. The van der Waals surface area contributed by atoms with E-state index in [1.807, 2.05) is 13.8 Å². The van der Waals surface area contributed by atoms with Gasteiger partial charge in [-0.25, -0.2) is 0 Å². The van der Waals surface area contributed by atoms with E-state index >= 15 is 0 Å². The molecule has 0 aromatic carbocycles. The smallest absolute Gasteiger partial charge is 0.243 e. The van der Waals surface area contributed by atoms with Crippen molar-refractivity contribution in [1.29, 1.82) is 0 Å². The van der Waals surface area contributed by atoms with E-state index in [-0.39, 0.29) is 12.1 Å². The molecule has 0 saturated carbocycles. The van der Waals surface area contributed by atoms with Gasteiger partial charge in [-0.2, -0.15) is 4.98 Å². The third kappa shape index (κ3) is 4.09. The first-order valence-corrected chi connectivity index (χ1v) is 6.43. The molecule has 0 spiro atoms. The first kappa shape index (κ1) is 14.1. The maximum Gasteiger partial charge on any atom is 0.243 e. The second-order valence-electron chi connectivity index (χ2n) is 4.09. The lowest BCUT2D eigenvalue weighted by molar-refractivity contribution is 0.0518. The molecule has 5 heteroatoms. The maximum absolute atomic E-state index is 5.97. The van der Waals surface area contributed by atoms with Crippen LogP contribution < -0.4 is 5.73 Å². The highest BCUT2D eigenvalue weighted by Crippen LogP contribution is 2.21. The third-order valence-electron chi connectivity index (χ3n) is 2.67. The number of rotatable bonds is 8. The van der Waals surface area contributed by atoms with Crippen molar-refractivity contribution in [3.8, 4) is 0 Å². The summed E-state index contributed by atoms with van der Waals surface area (Å²) in [4.78, 5) is 4.33. The quantitative estimate of drug-likeness (QED) is 0.757. The fourth-order valence-electron chi connectivity index (χ4n) is 1.65. The zero-order valence-corrected chi connectivity index (χ0v) is 11.0. The Morgan fingerprint density at radius 1 is 1.35 bits per heavy atom.